The summed E-state index contributed by atoms with van der Waals surface area (Å²) in [4.78, 5) is 0. The summed E-state index contributed by atoms with van der Waals surface area (Å²) in [6.45, 7) is 6.69. The Bertz CT molecular complexity index is 513. The number of aliphatic hydroxyl groups is 1. The van der Waals surface area contributed by atoms with E-state index in [9.17, 15) is 5.11 Å². The largest absolute Gasteiger partial charge is 0.484 e. The third-order valence-corrected chi connectivity index (χ3v) is 6.12. The molecular formula is C15H19BrO2. The van der Waals surface area contributed by atoms with Gasteiger partial charge in [0.1, 0.15) is 11.4 Å². The van der Waals surface area contributed by atoms with Crippen LogP contribution >= 0.6 is 15.9 Å². The summed E-state index contributed by atoms with van der Waals surface area (Å²) in [6, 6.07) is 4.30. The van der Waals surface area contributed by atoms with Crippen LogP contribution in [0, 0.1) is 12.8 Å². The quantitative estimate of drug-likeness (QED) is 0.859. The lowest BCUT2D eigenvalue weighted by Crippen LogP contribution is -2.50. The molecule has 1 N–H and O–H groups in total. The normalized spacial score (nSPS) is 37.3. The molecule has 0 radical (unpaired) electrons. The summed E-state index contributed by atoms with van der Waals surface area (Å²) in [7, 11) is 0. The first-order chi connectivity index (χ1) is 8.43. The molecule has 1 aliphatic carbocycles. The molecule has 3 heteroatoms. The van der Waals surface area contributed by atoms with Gasteiger partial charge >= 0.3 is 0 Å². The summed E-state index contributed by atoms with van der Waals surface area (Å²) >= 11 is 3.61. The Morgan fingerprint density at radius 3 is 2.83 bits per heavy atom. The van der Waals surface area contributed by atoms with Crippen molar-refractivity contribution in [2.45, 2.75) is 44.6 Å². The number of aliphatic hydroxyl groups excluding tert-OH is 1. The number of hydrogen-bond donors (Lipinski definition) is 1. The van der Waals surface area contributed by atoms with E-state index >= 15 is 0 Å². The Balaban J connectivity index is 2.22. The Labute approximate surface area is 116 Å². The fourth-order valence-corrected chi connectivity index (χ4v) is 3.99. The van der Waals surface area contributed by atoms with E-state index in [4.69, 9.17) is 4.74 Å². The SMILES string of the molecule is Cc1cc2c(cc1Br)C1(C)CCC(CO)(O2)C1C. The first-order valence-corrected chi connectivity index (χ1v) is 7.33. The van der Waals surface area contributed by atoms with Crippen molar-refractivity contribution < 1.29 is 9.84 Å². The average molecular weight is 311 g/mol. The number of aryl methyl sites for hydroxylation is 1. The zero-order valence-electron chi connectivity index (χ0n) is 11.1. The van der Waals surface area contributed by atoms with Gasteiger partial charge in [0.05, 0.1) is 6.61 Å². The van der Waals surface area contributed by atoms with Crippen LogP contribution in [0.25, 0.3) is 0 Å². The molecule has 1 aromatic carbocycles. The van der Waals surface area contributed by atoms with Crippen molar-refractivity contribution in [3.63, 3.8) is 0 Å². The molecule has 0 spiro atoms. The molecule has 1 saturated carbocycles. The molecule has 0 amide bonds. The number of benzene rings is 1. The zero-order valence-corrected chi connectivity index (χ0v) is 12.7. The van der Waals surface area contributed by atoms with Crippen molar-refractivity contribution in [1.29, 1.82) is 0 Å². The number of fused-ring (bicyclic) bond motifs is 4. The van der Waals surface area contributed by atoms with E-state index < -0.39 is 0 Å². The van der Waals surface area contributed by atoms with Gasteiger partial charge < -0.3 is 9.84 Å². The van der Waals surface area contributed by atoms with E-state index in [1.54, 1.807) is 0 Å². The molecule has 1 fully saturated rings. The molecule has 3 rings (SSSR count). The van der Waals surface area contributed by atoms with Gasteiger partial charge in [-0.25, -0.2) is 0 Å². The second-order valence-electron chi connectivity index (χ2n) is 6.06. The molecule has 1 aliphatic heterocycles. The maximum atomic E-state index is 9.77. The maximum Gasteiger partial charge on any atom is 0.135 e. The van der Waals surface area contributed by atoms with Gasteiger partial charge in [0.15, 0.2) is 0 Å². The smallest absolute Gasteiger partial charge is 0.135 e. The molecule has 0 saturated heterocycles. The van der Waals surface area contributed by atoms with E-state index in [-0.39, 0.29) is 17.6 Å². The van der Waals surface area contributed by atoms with Crippen LogP contribution in [0.1, 0.15) is 37.8 Å². The number of halogens is 1. The van der Waals surface area contributed by atoms with Crippen LogP contribution in [-0.4, -0.2) is 17.3 Å². The maximum absolute atomic E-state index is 9.77. The molecule has 2 nitrogen and oxygen atoms in total. The van der Waals surface area contributed by atoms with Crippen LogP contribution in [0.15, 0.2) is 16.6 Å². The third kappa shape index (κ3) is 1.38. The van der Waals surface area contributed by atoms with Crippen LogP contribution in [0.5, 0.6) is 5.75 Å². The van der Waals surface area contributed by atoms with Gasteiger partial charge in [-0.2, -0.15) is 0 Å². The minimum absolute atomic E-state index is 0.109. The number of rotatable bonds is 1. The van der Waals surface area contributed by atoms with Crippen molar-refractivity contribution in [2.75, 3.05) is 6.61 Å². The number of hydrogen-bond acceptors (Lipinski definition) is 2. The van der Waals surface area contributed by atoms with Crippen LogP contribution in [0.3, 0.4) is 0 Å². The van der Waals surface area contributed by atoms with E-state index in [0.717, 1.165) is 23.1 Å². The Hall–Kier alpha value is -0.540. The highest BCUT2D eigenvalue weighted by molar-refractivity contribution is 9.10. The first kappa shape index (κ1) is 12.5. The zero-order chi connectivity index (χ0) is 13.1. The summed E-state index contributed by atoms with van der Waals surface area (Å²) in [6.07, 6.45) is 2.02. The monoisotopic (exact) mass is 310 g/mol. The summed E-state index contributed by atoms with van der Waals surface area (Å²) < 4.78 is 7.34. The molecule has 1 heterocycles. The summed E-state index contributed by atoms with van der Waals surface area (Å²) in [5.74, 6) is 1.31. The molecule has 1 aromatic rings. The van der Waals surface area contributed by atoms with Gasteiger partial charge in [0, 0.05) is 21.4 Å². The highest BCUT2D eigenvalue weighted by atomic mass is 79.9. The fourth-order valence-electron chi connectivity index (χ4n) is 3.65. The van der Waals surface area contributed by atoms with Gasteiger partial charge in [-0.15, -0.1) is 0 Å². The van der Waals surface area contributed by atoms with Crippen molar-refractivity contribution in [3.05, 3.63) is 27.7 Å². The predicted octanol–water partition coefficient (Wildman–Crippen LogP) is 3.57. The molecule has 0 aromatic heterocycles. The standard InChI is InChI=1S/C15H19BrO2/c1-9-6-13-11(7-12(9)16)14(3)4-5-15(8-17,18-13)10(14)2/h6-7,10,17H,4-5,8H2,1-3H3. The van der Waals surface area contributed by atoms with Gasteiger partial charge in [0.25, 0.3) is 0 Å². The average Bonchev–Trinajstić information content (AvgIpc) is 2.52. The van der Waals surface area contributed by atoms with Gasteiger partial charge in [-0.1, -0.05) is 29.8 Å². The van der Waals surface area contributed by atoms with E-state index in [1.165, 1.54) is 11.1 Å². The van der Waals surface area contributed by atoms with Crippen LogP contribution in [0.2, 0.25) is 0 Å². The lowest BCUT2D eigenvalue weighted by molar-refractivity contribution is -0.0395. The third-order valence-electron chi connectivity index (χ3n) is 5.27. The topological polar surface area (TPSA) is 29.5 Å². The minimum atomic E-state index is -0.373. The Kier molecular flexibility index (Phi) is 2.59. The van der Waals surface area contributed by atoms with Crippen LogP contribution in [0.4, 0.5) is 0 Å². The lowest BCUT2D eigenvalue weighted by atomic mass is 9.69. The fraction of sp³-hybridized carbons (Fsp3) is 0.600. The molecule has 18 heavy (non-hydrogen) atoms. The molecule has 2 bridgehead atoms. The predicted molar refractivity (Wildman–Crippen MR) is 75.1 cm³/mol. The summed E-state index contributed by atoms with van der Waals surface area (Å²) in [5, 5.41) is 9.77. The highest BCUT2D eigenvalue weighted by Gasteiger charge is 2.58. The van der Waals surface area contributed by atoms with Crippen molar-refractivity contribution in [1.82, 2.24) is 0 Å². The molecule has 3 unspecified atom stereocenters. The minimum Gasteiger partial charge on any atom is -0.484 e. The molecular weight excluding hydrogens is 292 g/mol. The van der Waals surface area contributed by atoms with E-state index in [1.807, 2.05) is 0 Å². The van der Waals surface area contributed by atoms with Gasteiger partial charge in [-0.3, -0.25) is 0 Å². The second kappa shape index (κ2) is 3.73. The van der Waals surface area contributed by atoms with Crippen LogP contribution < -0.4 is 4.74 Å². The molecule has 98 valence electrons. The van der Waals surface area contributed by atoms with E-state index in [0.29, 0.717) is 5.92 Å². The lowest BCUT2D eigenvalue weighted by Gasteiger charge is -2.44. The molecule has 3 atom stereocenters. The first-order valence-electron chi connectivity index (χ1n) is 6.53. The Morgan fingerprint density at radius 2 is 2.17 bits per heavy atom. The highest BCUT2D eigenvalue weighted by Crippen LogP contribution is 2.58. The van der Waals surface area contributed by atoms with E-state index in [2.05, 4.69) is 48.8 Å². The Morgan fingerprint density at radius 1 is 1.44 bits per heavy atom. The van der Waals surface area contributed by atoms with Crippen molar-refractivity contribution in [3.8, 4) is 5.75 Å². The van der Waals surface area contributed by atoms with Crippen molar-refractivity contribution in [2.24, 2.45) is 5.92 Å². The van der Waals surface area contributed by atoms with Gasteiger partial charge in [-0.05, 0) is 37.5 Å². The van der Waals surface area contributed by atoms with Crippen molar-refractivity contribution >= 4 is 15.9 Å². The van der Waals surface area contributed by atoms with Crippen LogP contribution in [-0.2, 0) is 5.41 Å². The second-order valence-corrected chi connectivity index (χ2v) is 6.92. The molecule has 2 aliphatic rings. The summed E-state index contributed by atoms with van der Waals surface area (Å²) in [5.41, 5.74) is 2.21. The number of ether oxygens (including phenoxy) is 1. The van der Waals surface area contributed by atoms with Gasteiger partial charge in [0.2, 0.25) is 0 Å².